The maximum absolute atomic E-state index is 12.3. The number of hydrogen-bond donors (Lipinski definition) is 1. The van der Waals surface area contributed by atoms with Crippen LogP contribution in [0.15, 0.2) is 0 Å². The van der Waals surface area contributed by atoms with E-state index in [4.69, 9.17) is 0 Å². The minimum Gasteiger partial charge on any atom is -0.341 e. The maximum atomic E-state index is 12.3. The Balaban J connectivity index is 1.79. The van der Waals surface area contributed by atoms with Gasteiger partial charge in [0.1, 0.15) is 0 Å². The molecule has 2 saturated heterocycles. The second kappa shape index (κ2) is 6.53. The van der Waals surface area contributed by atoms with Crippen molar-refractivity contribution in [3.63, 3.8) is 0 Å². The fourth-order valence-electron chi connectivity index (χ4n) is 3.17. The minimum atomic E-state index is 0.0867. The highest BCUT2D eigenvalue weighted by molar-refractivity contribution is 5.82. The fourth-order valence-corrected chi connectivity index (χ4v) is 3.17. The number of hydrogen-bond acceptors (Lipinski definition) is 3. The highest BCUT2D eigenvalue weighted by Gasteiger charge is 2.30. The van der Waals surface area contributed by atoms with Crippen molar-refractivity contribution in [3.8, 4) is 0 Å². The van der Waals surface area contributed by atoms with Crippen LogP contribution in [-0.2, 0) is 4.79 Å². The van der Waals surface area contributed by atoms with E-state index in [1.54, 1.807) is 0 Å². The molecule has 4 heteroatoms. The molecule has 1 N–H and O–H groups in total. The molecule has 1 atom stereocenters. The van der Waals surface area contributed by atoms with E-state index in [1.807, 2.05) is 11.9 Å². The standard InChI is InChI=1S/C14H27N3O/c1-3-9-17-10-6-12(7-11-17)16(2)14(18)13-5-4-8-15-13/h12-13,15H,3-11H2,1-2H3/t13-/m1/s1. The summed E-state index contributed by atoms with van der Waals surface area (Å²) >= 11 is 0. The van der Waals surface area contributed by atoms with Gasteiger partial charge in [0, 0.05) is 26.2 Å². The summed E-state index contributed by atoms with van der Waals surface area (Å²) in [7, 11) is 1.99. The molecular formula is C14H27N3O. The molecule has 1 amide bonds. The molecule has 0 bridgehead atoms. The van der Waals surface area contributed by atoms with Crippen LogP contribution >= 0.6 is 0 Å². The van der Waals surface area contributed by atoms with Crippen molar-refractivity contribution in [3.05, 3.63) is 0 Å². The lowest BCUT2D eigenvalue weighted by molar-refractivity contribution is -0.134. The zero-order chi connectivity index (χ0) is 13.0. The molecule has 2 fully saturated rings. The van der Waals surface area contributed by atoms with Gasteiger partial charge in [-0.1, -0.05) is 6.92 Å². The second-order valence-corrected chi connectivity index (χ2v) is 5.67. The third-order valence-corrected chi connectivity index (χ3v) is 4.35. The Morgan fingerprint density at radius 1 is 1.33 bits per heavy atom. The third-order valence-electron chi connectivity index (χ3n) is 4.35. The van der Waals surface area contributed by atoms with Gasteiger partial charge in [0.2, 0.25) is 5.91 Å². The largest absolute Gasteiger partial charge is 0.341 e. The lowest BCUT2D eigenvalue weighted by Gasteiger charge is -2.37. The Labute approximate surface area is 111 Å². The summed E-state index contributed by atoms with van der Waals surface area (Å²) in [4.78, 5) is 16.8. The van der Waals surface area contributed by atoms with E-state index in [2.05, 4.69) is 17.1 Å². The summed E-state index contributed by atoms with van der Waals surface area (Å²) in [6.45, 7) is 6.73. The lowest BCUT2D eigenvalue weighted by Crippen LogP contribution is -2.50. The van der Waals surface area contributed by atoms with Crippen LogP contribution in [0.5, 0.6) is 0 Å². The van der Waals surface area contributed by atoms with Crippen molar-refractivity contribution in [1.82, 2.24) is 15.1 Å². The van der Waals surface area contributed by atoms with E-state index in [9.17, 15) is 4.79 Å². The molecule has 104 valence electrons. The summed E-state index contributed by atoms with van der Waals surface area (Å²) in [6, 6.07) is 0.539. The molecule has 18 heavy (non-hydrogen) atoms. The van der Waals surface area contributed by atoms with Crippen LogP contribution in [0.2, 0.25) is 0 Å². The first-order chi connectivity index (χ1) is 8.72. The summed E-state index contributed by atoms with van der Waals surface area (Å²) in [5.74, 6) is 0.307. The molecule has 0 aromatic carbocycles. The Kier molecular flexibility index (Phi) is 5.01. The SMILES string of the molecule is CCCN1CCC(N(C)C(=O)[C@H]2CCCN2)CC1. The van der Waals surface area contributed by atoms with Crippen LogP contribution in [0.1, 0.15) is 39.0 Å². The highest BCUT2D eigenvalue weighted by Crippen LogP contribution is 2.18. The number of carbonyl (C=O) groups excluding carboxylic acids is 1. The van der Waals surface area contributed by atoms with Crippen molar-refractivity contribution in [2.75, 3.05) is 33.2 Å². The monoisotopic (exact) mass is 253 g/mol. The lowest BCUT2D eigenvalue weighted by atomic mass is 10.0. The Bertz CT molecular complexity index is 268. The highest BCUT2D eigenvalue weighted by atomic mass is 16.2. The molecule has 2 heterocycles. The normalized spacial score (nSPS) is 26.4. The number of piperidine rings is 1. The van der Waals surface area contributed by atoms with Gasteiger partial charge >= 0.3 is 0 Å². The van der Waals surface area contributed by atoms with E-state index in [0.717, 1.165) is 45.3 Å². The number of rotatable bonds is 4. The van der Waals surface area contributed by atoms with Gasteiger partial charge in [0.15, 0.2) is 0 Å². The van der Waals surface area contributed by atoms with Crippen LogP contribution < -0.4 is 5.32 Å². The first kappa shape index (κ1) is 13.8. The summed E-state index contributed by atoms with van der Waals surface area (Å²) in [5, 5.41) is 3.30. The molecule has 2 aliphatic heterocycles. The van der Waals surface area contributed by atoms with Crippen molar-refractivity contribution >= 4 is 5.91 Å². The molecule has 0 unspecified atom stereocenters. The molecule has 0 aromatic heterocycles. The van der Waals surface area contributed by atoms with Crippen molar-refractivity contribution < 1.29 is 4.79 Å². The van der Waals surface area contributed by atoms with Gasteiger partial charge in [-0.05, 0) is 45.2 Å². The van der Waals surface area contributed by atoms with Gasteiger partial charge < -0.3 is 15.1 Å². The van der Waals surface area contributed by atoms with Crippen molar-refractivity contribution in [2.24, 2.45) is 0 Å². The predicted molar refractivity (Wildman–Crippen MR) is 73.5 cm³/mol. The average Bonchev–Trinajstić information content (AvgIpc) is 2.92. The molecule has 0 spiro atoms. The summed E-state index contributed by atoms with van der Waals surface area (Å²) in [6.07, 6.45) is 5.65. The zero-order valence-electron chi connectivity index (χ0n) is 11.8. The van der Waals surface area contributed by atoms with E-state index < -0.39 is 0 Å². The Hall–Kier alpha value is -0.610. The number of amides is 1. The smallest absolute Gasteiger partial charge is 0.239 e. The van der Waals surface area contributed by atoms with Gasteiger partial charge in [-0.25, -0.2) is 0 Å². The molecule has 2 aliphatic rings. The topological polar surface area (TPSA) is 35.6 Å². The van der Waals surface area contributed by atoms with E-state index in [0.29, 0.717) is 11.9 Å². The molecule has 0 saturated carbocycles. The quantitative estimate of drug-likeness (QED) is 0.814. The third kappa shape index (κ3) is 3.23. The molecule has 4 nitrogen and oxygen atoms in total. The number of nitrogens with zero attached hydrogens (tertiary/aromatic N) is 2. The Morgan fingerprint density at radius 3 is 2.61 bits per heavy atom. The van der Waals surface area contributed by atoms with Gasteiger partial charge in [-0.15, -0.1) is 0 Å². The minimum absolute atomic E-state index is 0.0867. The van der Waals surface area contributed by atoms with E-state index in [1.165, 1.54) is 13.0 Å². The number of likely N-dealkylation sites (tertiary alicyclic amines) is 1. The molecular weight excluding hydrogens is 226 g/mol. The first-order valence-corrected chi connectivity index (χ1v) is 7.44. The second-order valence-electron chi connectivity index (χ2n) is 5.67. The summed E-state index contributed by atoms with van der Waals surface area (Å²) in [5.41, 5.74) is 0. The van der Waals surface area contributed by atoms with Crippen LogP contribution in [0, 0.1) is 0 Å². The van der Waals surface area contributed by atoms with Crippen LogP contribution in [0.25, 0.3) is 0 Å². The van der Waals surface area contributed by atoms with Crippen LogP contribution in [0.4, 0.5) is 0 Å². The van der Waals surface area contributed by atoms with Gasteiger partial charge in [0.05, 0.1) is 6.04 Å². The Morgan fingerprint density at radius 2 is 2.06 bits per heavy atom. The number of likely N-dealkylation sites (N-methyl/N-ethyl adjacent to an activating group) is 1. The van der Waals surface area contributed by atoms with Crippen molar-refractivity contribution in [2.45, 2.75) is 51.1 Å². The fraction of sp³-hybridized carbons (Fsp3) is 0.929. The van der Waals surface area contributed by atoms with Gasteiger partial charge in [0.25, 0.3) is 0 Å². The van der Waals surface area contributed by atoms with Gasteiger partial charge in [-0.2, -0.15) is 0 Å². The average molecular weight is 253 g/mol. The summed E-state index contributed by atoms with van der Waals surface area (Å²) < 4.78 is 0. The van der Waals surface area contributed by atoms with Crippen LogP contribution in [0.3, 0.4) is 0 Å². The number of carbonyl (C=O) groups is 1. The number of nitrogens with one attached hydrogen (secondary N) is 1. The molecule has 0 aliphatic carbocycles. The van der Waals surface area contributed by atoms with E-state index >= 15 is 0 Å². The predicted octanol–water partition coefficient (Wildman–Crippen LogP) is 1.07. The molecule has 0 aromatic rings. The molecule has 2 rings (SSSR count). The van der Waals surface area contributed by atoms with Crippen molar-refractivity contribution in [1.29, 1.82) is 0 Å². The maximum Gasteiger partial charge on any atom is 0.239 e. The molecule has 0 radical (unpaired) electrons. The zero-order valence-corrected chi connectivity index (χ0v) is 11.8. The van der Waals surface area contributed by atoms with Gasteiger partial charge in [-0.3, -0.25) is 4.79 Å². The van der Waals surface area contributed by atoms with Crippen LogP contribution in [-0.4, -0.2) is 61.0 Å². The first-order valence-electron chi connectivity index (χ1n) is 7.44. The van der Waals surface area contributed by atoms with E-state index in [-0.39, 0.29) is 6.04 Å².